The van der Waals surface area contributed by atoms with Crippen molar-refractivity contribution in [3.63, 3.8) is 0 Å². The van der Waals surface area contributed by atoms with Crippen molar-refractivity contribution in [2.24, 2.45) is 5.73 Å². The van der Waals surface area contributed by atoms with E-state index in [4.69, 9.17) is 10.2 Å². The number of fused-ring (bicyclic) bond motifs is 1. The standard InChI is InChI=1S/C15H15BrN4O/c1-20(7-5-17)15-18-6-4-12(19-15)14-9-10-8-11(16)2-3-13(10)21-14/h2-4,6,8-9H,5,7,17H2,1H3. The highest BCUT2D eigenvalue weighted by Gasteiger charge is 2.10. The zero-order chi connectivity index (χ0) is 14.8. The minimum Gasteiger partial charge on any atom is -0.454 e. The number of anilines is 1. The summed E-state index contributed by atoms with van der Waals surface area (Å²) >= 11 is 3.46. The van der Waals surface area contributed by atoms with E-state index in [2.05, 4.69) is 25.9 Å². The first-order valence-corrected chi connectivity index (χ1v) is 7.40. The monoisotopic (exact) mass is 346 g/mol. The predicted octanol–water partition coefficient (Wildman–Crippen LogP) is 3.05. The van der Waals surface area contributed by atoms with E-state index in [1.165, 1.54) is 0 Å². The quantitative estimate of drug-likeness (QED) is 0.786. The van der Waals surface area contributed by atoms with Crippen LogP contribution in [0, 0.1) is 0 Å². The smallest absolute Gasteiger partial charge is 0.225 e. The van der Waals surface area contributed by atoms with Crippen LogP contribution in [0.4, 0.5) is 5.95 Å². The molecule has 0 aliphatic carbocycles. The molecular weight excluding hydrogens is 332 g/mol. The molecule has 5 nitrogen and oxygen atoms in total. The highest BCUT2D eigenvalue weighted by atomic mass is 79.9. The van der Waals surface area contributed by atoms with Crippen molar-refractivity contribution in [2.75, 3.05) is 25.0 Å². The molecule has 0 aliphatic rings. The molecule has 108 valence electrons. The molecule has 2 heterocycles. The number of hydrogen-bond acceptors (Lipinski definition) is 5. The van der Waals surface area contributed by atoms with Crippen LogP contribution < -0.4 is 10.6 Å². The van der Waals surface area contributed by atoms with E-state index < -0.39 is 0 Å². The summed E-state index contributed by atoms with van der Waals surface area (Å²) in [5, 5.41) is 1.04. The van der Waals surface area contributed by atoms with Gasteiger partial charge in [0.15, 0.2) is 5.76 Å². The second kappa shape index (κ2) is 5.83. The Morgan fingerprint density at radius 1 is 1.29 bits per heavy atom. The second-order valence-electron chi connectivity index (χ2n) is 4.74. The summed E-state index contributed by atoms with van der Waals surface area (Å²) in [7, 11) is 1.92. The molecular formula is C15H15BrN4O. The summed E-state index contributed by atoms with van der Waals surface area (Å²) in [4.78, 5) is 10.7. The molecule has 0 aliphatic heterocycles. The summed E-state index contributed by atoms with van der Waals surface area (Å²) in [6, 6.07) is 9.73. The third-order valence-electron chi connectivity index (χ3n) is 3.18. The van der Waals surface area contributed by atoms with Gasteiger partial charge in [0.1, 0.15) is 11.3 Å². The fourth-order valence-corrected chi connectivity index (χ4v) is 2.48. The topological polar surface area (TPSA) is 68.2 Å². The molecule has 1 aromatic carbocycles. The SMILES string of the molecule is CN(CCN)c1nccc(-c2cc3cc(Br)ccc3o2)n1. The van der Waals surface area contributed by atoms with Gasteiger partial charge in [0.2, 0.25) is 5.95 Å². The number of nitrogens with two attached hydrogens (primary N) is 1. The minimum atomic E-state index is 0.558. The maximum absolute atomic E-state index is 5.85. The van der Waals surface area contributed by atoms with Gasteiger partial charge in [0.05, 0.1) is 0 Å². The Morgan fingerprint density at radius 2 is 2.14 bits per heavy atom. The first-order valence-electron chi connectivity index (χ1n) is 6.61. The molecule has 2 aromatic heterocycles. The Bertz CT molecular complexity index is 771. The number of hydrogen-bond donors (Lipinski definition) is 1. The van der Waals surface area contributed by atoms with Gasteiger partial charge in [-0.1, -0.05) is 15.9 Å². The first-order chi connectivity index (χ1) is 10.2. The molecule has 0 saturated carbocycles. The summed E-state index contributed by atoms with van der Waals surface area (Å²) in [6.45, 7) is 1.26. The molecule has 0 unspecified atom stereocenters. The lowest BCUT2D eigenvalue weighted by Crippen LogP contribution is -2.26. The van der Waals surface area contributed by atoms with Crippen LogP contribution in [0.15, 0.2) is 45.4 Å². The van der Waals surface area contributed by atoms with E-state index in [1.54, 1.807) is 6.20 Å². The zero-order valence-electron chi connectivity index (χ0n) is 11.6. The minimum absolute atomic E-state index is 0.558. The lowest BCUT2D eigenvalue weighted by Gasteiger charge is -2.15. The molecule has 0 bridgehead atoms. The first kappa shape index (κ1) is 14.0. The van der Waals surface area contributed by atoms with E-state index in [0.717, 1.165) is 26.9 Å². The van der Waals surface area contributed by atoms with Crippen LogP contribution in [0.25, 0.3) is 22.4 Å². The number of nitrogens with zero attached hydrogens (tertiary/aromatic N) is 3. The van der Waals surface area contributed by atoms with E-state index >= 15 is 0 Å². The van der Waals surface area contributed by atoms with Crippen molar-refractivity contribution < 1.29 is 4.42 Å². The van der Waals surface area contributed by atoms with Crippen molar-refractivity contribution >= 4 is 32.8 Å². The lowest BCUT2D eigenvalue weighted by atomic mass is 10.2. The molecule has 0 amide bonds. The fourth-order valence-electron chi connectivity index (χ4n) is 2.10. The number of halogens is 1. The van der Waals surface area contributed by atoms with Gasteiger partial charge < -0.3 is 15.1 Å². The second-order valence-corrected chi connectivity index (χ2v) is 5.66. The van der Waals surface area contributed by atoms with Crippen molar-refractivity contribution in [1.82, 2.24) is 9.97 Å². The molecule has 0 saturated heterocycles. The van der Waals surface area contributed by atoms with E-state index in [1.807, 2.05) is 42.3 Å². The van der Waals surface area contributed by atoms with Crippen molar-refractivity contribution in [3.8, 4) is 11.5 Å². The average molecular weight is 347 g/mol. The van der Waals surface area contributed by atoms with Gasteiger partial charge in [-0.3, -0.25) is 0 Å². The van der Waals surface area contributed by atoms with Gasteiger partial charge in [0.25, 0.3) is 0 Å². The Labute approximate surface area is 130 Å². The highest BCUT2D eigenvalue weighted by molar-refractivity contribution is 9.10. The van der Waals surface area contributed by atoms with Crippen molar-refractivity contribution in [3.05, 3.63) is 41.0 Å². The summed E-state index contributed by atoms with van der Waals surface area (Å²) in [5.41, 5.74) is 7.16. The van der Waals surface area contributed by atoms with Gasteiger partial charge in [0, 0.05) is 36.2 Å². The third kappa shape index (κ3) is 2.91. The molecule has 0 fully saturated rings. The molecule has 21 heavy (non-hydrogen) atoms. The highest BCUT2D eigenvalue weighted by Crippen LogP contribution is 2.29. The van der Waals surface area contributed by atoms with Crippen LogP contribution >= 0.6 is 15.9 Å². The molecule has 0 radical (unpaired) electrons. The predicted molar refractivity (Wildman–Crippen MR) is 87.3 cm³/mol. The third-order valence-corrected chi connectivity index (χ3v) is 3.67. The Balaban J connectivity index is 2.00. The zero-order valence-corrected chi connectivity index (χ0v) is 13.2. The maximum Gasteiger partial charge on any atom is 0.225 e. The van der Waals surface area contributed by atoms with Gasteiger partial charge in [-0.2, -0.15) is 0 Å². The van der Waals surface area contributed by atoms with E-state index in [0.29, 0.717) is 19.0 Å². The summed E-state index contributed by atoms with van der Waals surface area (Å²) < 4.78 is 6.87. The van der Waals surface area contributed by atoms with Crippen LogP contribution in [0.3, 0.4) is 0 Å². The number of rotatable bonds is 4. The largest absolute Gasteiger partial charge is 0.454 e. The number of aromatic nitrogens is 2. The van der Waals surface area contributed by atoms with Crippen LogP contribution in [0.5, 0.6) is 0 Å². The molecule has 0 atom stereocenters. The van der Waals surface area contributed by atoms with Gasteiger partial charge in [-0.25, -0.2) is 9.97 Å². The fraction of sp³-hybridized carbons (Fsp3) is 0.200. The van der Waals surface area contributed by atoms with Crippen LogP contribution in [0.2, 0.25) is 0 Å². The Hall–Kier alpha value is -1.92. The Morgan fingerprint density at radius 3 is 2.95 bits per heavy atom. The molecule has 0 spiro atoms. The van der Waals surface area contributed by atoms with Crippen molar-refractivity contribution in [1.29, 1.82) is 0 Å². The number of benzene rings is 1. The molecule has 6 heteroatoms. The number of furan rings is 1. The molecule has 2 N–H and O–H groups in total. The van der Waals surface area contributed by atoms with Gasteiger partial charge in [-0.05, 0) is 30.3 Å². The van der Waals surface area contributed by atoms with Gasteiger partial charge >= 0.3 is 0 Å². The molecule has 3 aromatic rings. The lowest BCUT2D eigenvalue weighted by molar-refractivity contribution is 0.628. The van der Waals surface area contributed by atoms with Crippen LogP contribution in [-0.4, -0.2) is 30.1 Å². The van der Waals surface area contributed by atoms with E-state index in [-0.39, 0.29) is 0 Å². The Kier molecular flexibility index (Phi) is 3.90. The average Bonchev–Trinajstić information content (AvgIpc) is 2.90. The van der Waals surface area contributed by atoms with E-state index in [9.17, 15) is 0 Å². The van der Waals surface area contributed by atoms with Gasteiger partial charge in [-0.15, -0.1) is 0 Å². The van der Waals surface area contributed by atoms with Crippen LogP contribution in [0.1, 0.15) is 0 Å². The number of likely N-dealkylation sites (N-methyl/N-ethyl adjacent to an activating group) is 1. The maximum atomic E-state index is 5.85. The summed E-state index contributed by atoms with van der Waals surface area (Å²) in [6.07, 6.45) is 1.73. The normalized spacial score (nSPS) is 11.0. The molecule has 3 rings (SSSR count). The van der Waals surface area contributed by atoms with Crippen LogP contribution in [-0.2, 0) is 0 Å². The summed E-state index contributed by atoms with van der Waals surface area (Å²) in [5.74, 6) is 1.37. The van der Waals surface area contributed by atoms with Crippen molar-refractivity contribution in [2.45, 2.75) is 0 Å².